The van der Waals surface area contributed by atoms with Crippen molar-refractivity contribution in [2.45, 2.75) is 50.4 Å². The summed E-state index contributed by atoms with van der Waals surface area (Å²) < 4.78 is 1.21. The molecule has 2 nitrogen and oxygen atoms in total. The van der Waals surface area contributed by atoms with Crippen LogP contribution in [0.15, 0.2) is 15.9 Å². The van der Waals surface area contributed by atoms with Gasteiger partial charge in [-0.15, -0.1) is 11.3 Å². The predicted octanol–water partition coefficient (Wildman–Crippen LogP) is 3.00. The van der Waals surface area contributed by atoms with Gasteiger partial charge >= 0.3 is 0 Å². The van der Waals surface area contributed by atoms with Crippen LogP contribution in [0.1, 0.15) is 30.6 Å². The molecule has 0 aliphatic carbocycles. The van der Waals surface area contributed by atoms with E-state index >= 15 is 0 Å². The Morgan fingerprint density at radius 2 is 2.00 bits per heavy atom. The van der Waals surface area contributed by atoms with Crippen molar-refractivity contribution >= 4 is 27.3 Å². The predicted molar refractivity (Wildman–Crippen MR) is 69.6 cm³/mol. The Hall–Kier alpha value is 0.1000. The fourth-order valence-electron chi connectivity index (χ4n) is 3.12. The van der Waals surface area contributed by atoms with Gasteiger partial charge in [0.1, 0.15) is 0 Å². The van der Waals surface area contributed by atoms with Gasteiger partial charge in [-0.1, -0.05) is 0 Å². The highest BCUT2D eigenvalue weighted by Crippen LogP contribution is 2.37. The number of rotatable bonds is 2. The van der Waals surface area contributed by atoms with E-state index in [1.54, 1.807) is 0 Å². The first kappa shape index (κ1) is 11.2. The van der Waals surface area contributed by atoms with E-state index in [-0.39, 0.29) is 6.10 Å². The van der Waals surface area contributed by atoms with Crippen LogP contribution in [0.25, 0.3) is 0 Å². The number of hydrogen-bond donors (Lipinski definition) is 1. The summed E-state index contributed by atoms with van der Waals surface area (Å²) in [5.74, 6) is 0. The van der Waals surface area contributed by atoms with Crippen molar-refractivity contribution in [2.24, 2.45) is 0 Å². The summed E-state index contributed by atoms with van der Waals surface area (Å²) in [5.41, 5.74) is 0. The minimum Gasteiger partial charge on any atom is -0.393 e. The largest absolute Gasteiger partial charge is 0.393 e. The molecule has 1 aromatic heterocycles. The lowest BCUT2D eigenvalue weighted by molar-refractivity contribution is 0.0316. The average molecular weight is 302 g/mol. The molecule has 0 radical (unpaired) electrons. The van der Waals surface area contributed by atoms with Gasteiger partial charge in [0, 0.05) is 23.5 Å². The Morgan fingerprint density at radius 1 is 1.31 bits per heavy atom. The van der Waals surface area contributed by atoms with Crippen molar-refractivity contribution in [3.8, 4) is 0 Å². The van der Waals surface area contributed by atoms with E-state index in [9.17, 15) is 5.11 Å². The van der Waals surface area contributed by atoms with Gasteiger partial charge in [0.15, 0.2) is 0 Å². The van der Waals surface area contributed by atoms with Gasteiger partial charge < -0.3 is 5.11 Å². The molecule has 4 heteroatoms. The Balaban J connectivity index is 1.72. The van der Waals surface area contributed by atoms with Gasteiger partial charge in [0.25, 0.3) is 0 Å². The normalized spacial score (nSPS) is 34.5. The highest BCUT2D eigenvalue weighted by molar-refractivity contribution is 9.11. The van der Waals surface area contributed by atoms with Gasteiger partial charge in [0.05, 0.1) is 9.89 Å². The SMILES string of the molecule is OC1CC2CCC(C1)N2Cc1ccc(Br)s1. The molecule has 0 aromatic carbocycles. The first-order valence-electron chi connectivity index (χ1n) is 5.90. The number of piperidine rings is 1. The number of aliphatic hydroxyl groups excluding tert-OH is 1. The van der Waals surface area contributed by atoms with E-state index in [1.165, 1.54) is 21.5 Å². The van der Waals surface area contributed by atoms with Crippen molar-refractivity contribution < 1.29 is 5.11 Å². The zero-order chi connectivity index (χ0) is 11.1. The van der Waals surface area contributed by atoms with Crippen LogP contribution in [0.5, 0.6) is 0 Å². The summed E-state index contributed by atoms with van der Waals surface area (Å²) in [6, 6.07) is 5.57. The average Bonchev–Trinajstić information content (AvgIpc) is 2.72. The molecule has 88 valence electrons. The van der Waals surface area contributed by atoms with Crippen molar-refractivity contribution in [3.05, 3.63) is 20.8 Å². The molecule has 2 atom stereocenters. The number of halogens is 1. The quantitative estimate of drug-likeness (QED) is 0.908. The standard InChI is InChI=1S/C12H16BrNOS/c13-12-4-3-11(16-12)7-14-8-1-2-9(14)6-10(15)5-8/h3-4,8-10,15H,1-2,5-7H2. The second-order valence-corrected chi connectivity index (χ2v) is 7.44. The molecule has 16 heavy (non-hydrogen) atoms. The third kappa shape index (κ3) is 2.08. The molecule has 2 saturated heterocycles. The summed E-state index contributed by atoms with van der Waals surface area (Å²) in [4.78, 5) is 4.03. The van der Waals surface area contributed by atoms with Crippen LogP contribution in [0.3, 0.4) is 0 Å². The second kappa shape index (κ2) is 4.41. The minimum absolute atomic E-state index is 0.0520. The highest BCUT2D eigenvalue weighted by Gasteiger charge is 2.39. The highest BCUT2D eigenvalue weighted by atomic mass is 79.9. The van der Waals surface area contributed by atoms with Gasteiger partial charge in [-0.05, 0) is 53.7 Å². The molecule has 0 spiro atoms. The van der Waals surface area contributed by atoms with Crippen LogP contribution in [-0.2, 0) is 6.54 Å². The fourth-order valence-corrected chi connectivity index (χ4v) is 4.61. The lowest BCUT2D eigenvalue weighted by Crippen LogP contribution is -2.43. The van der Waals surface area contributed by atoms with E-state index in [0.29, 0.717) is 12.1 Å². The van der Waals surface area contributed by atoms with Crippen molar-refractivity contribution in [1.29, 1.82) is 0 Å². The van der Waals surface area contributed by atoms with Crippen LogP contribution in [0, 0.1) is 0 Å². The first-order chi connectivity index (χ1) is 7.72. The zero-order valence-corrected chi connectivity index (χ0v) is 11.5. The summed E-state index contributed by atoms with van der Waals surface area (Å²) in [6.45, 7) is 1.07. The minimum atomic E-state index is -0.0520. The molecule has 2 bridgehead atoms. The van der Waals surface area contributed by atoms with E-state index in [4.69, 9.17) is 0 Å². The number of fused-ring (bicyclic) bond motifs is 2. The summed E-state index contributed by atoms with van der Waals surface area (Å²) in [6.07, 6.45) is 4.44. The van der Waals surface area contributed by atoms with E-state index in [1.807, 2.05) is 11.3 Å². The maximum atomic E-state index is 9.75. The lowest BCUT2D eigenvalue weighted by atomic mass is 10.00. The topological polar surface area (TPSA) is 23.5 Å². The molecular formula is C12H16BrNOS. The van der Waals surface area contributed by atoms with Crippen LogP contribution in [-0.4, -0.2) is 28.2 Å². The fraction of sp³-hybridized carbons (Fsp3) is 0.667. The first-order valence-corrected chi connectivity index (χ1v) is 7.51. The van der Waals surface area contributed by atoms with E-state index in [0.717, 1.165) is 19.4 Å². The molecule has 2 unspecified atom stereocenters. The second-order valence-electron chi connectivity index (χ2n) is 4.89. The van der Waals surface area contributed by atoms with Crippen molar-refractivity contribution in [2.75, 3.05) is 0 Å². The molecule has 1 N–H and O–H groups in total. The Morgan fingerprint density at radius 3 is 2.56 bits per heavy atom. The summed E-state index contributed by atoms with van der Waals surface area (Å²) in [5, 5.41) is 9.75. The number of aliphatic hydroxyl groups is 1. The summed E-state index contributed by atoms with van der Waals surface area (Å²) >= 11 is 5.34. The zero-order valence-electron chi connectivity index (χ0n) is 9.10. The lowest BCUT2D eigenvalue weighted by Gasteiger charge is -2.36. The molecule has 3 heterocycles. The van der Waals surface area contributed by atoms with Gasteiger partial charge in [-0.2, -0.15) is 0 Å². The van der Waals surface area contributed by atoms with Gasteiger partial charge in [-0.3, -0.25) is 4.90 Å². The Kier molecular flexibility index (Phi) is 3.09. The number of nitrogens with zero attached hydrogens (tertiary/aromatic N) is 1. The number of thiophene rings is 1. The summed E-state index contributed by atoms with van der Waals surface area (Å²) in [7, 11) is 0. The Bertz CT molecular complexity index is 367. The maximum absolute atomic E-state index is 9.75. The van der Waals surface area contributed by atoms with Crippen LogP contribution >= 0.6 is 27.3 Å². The van der Waals surface area contributed by atoms with E-state index in [2.05, 4.69) is 33.0 Å². The molecule has 1 aromatic rings. The molecule has 2 aliphatic heterocycles. The molecule has 0 saturated carbocycles. The van der Waals surface area contributed by atoms with Gasteiger partial charge in [-0.25, -0.2) is 0 Å². The third-order valence-corrected chi connectivity index (χ3v) is 5.44. The smallest absolute Gasteiger partial charge is 0.0701 e. The van der Waals surface area contributed by atoms with Gasteiger partial charge in [0.2, 0.25) is 0 Å². The van der Waals surface area contributed by atoms with Crippen LogP contribution < -0.4 is 0 Å². The number of hydrogen-bond acceptors (Lipinski definition) is 3. The molecular weight excluding hydrogens is 286 g/mol. The van der Waals surface area contributed by atoms with Crippen LogP contribution in [0.4, 0.5) is 0 Å². The molecule has 2 aliphatic rings. The van der Waals surface area contributed by atoms with Crippen LogP contribution in [0.2, 0.25) is 0 Å². The Labute approximate surface area is 108 Å². The molecule has 2 fully saturated rings. The molecule has 3 rings (SSSR count). The monoisotopic (exact) mass is 301 g/mol. The van der Waals surface area contributed by atoms with E-state index < -0.39 is 0 Å². The third-order valence-electron chi connectivity index (χ3n) is 3.83. The van der Waals surface area contributed by atoms with Crippen molar-refractivity contribution in [1.82, 2.24) is 4.90 Å². The van der Waals surface area contributed by atoms with Crippen molar-refractivity contribution in [3.63, 3.8) is 0 Å². The molecule has 0 amide bonds. The maximum Gasteiger partial charge on any atom is 0.0701 e.